The second-order valence-electron chi connectivity index (χ2n) is 5.60. The molecule has 7 heteroatoms. The molecule has 0 saturated heterocycles. The summed E-state index contributed by atoms with van der Waals surface area (Å²) in [7, 11) is 4.93. The third-order valence-electron chi connectivity index (χ3n) is 4.00. The monoisotopic (exact) mass is 316 g/mol. The van der Waals surface area contributed by atoms with Crippen molar-refractivity contribution in [2.75, 3.05) is 14.2 Å². The molecule has 7 nitrogen and oxygen atoms in total. The number of imidazole rings is 1. The van der Waals surface area contributed by atoms with E-state index in [9.17, 15) is 4.79 Å². The summed E-state index contributed by atoms with van der Waals surface area (Å²) in [5.41, 5.74) is 0.383. The van der Waals surface area contributed by atoms with Gasteiger partial charge in [0, 0.05) is 25.5 Å². The highest BCUT2D eigenvalue weighted by Crippen LogP contribution is 2.40. The Kier molecular flexibility index (Phi) is 4.18. The topological polar surface area (TPSA) is 78.3 Å². The Hall–Kier alpha value is -2.57. The fraction of sp³-hybridized carbons (Fsp3) is 0.438. The van der Waals surface area contributed by atoms with E-state index in [0.717, 1.165) is 18.7 Å². The minimum atomic E-state index is -0.225. The van der Waals surface area contributed by atoms with E-state index in [0.29, 0.717) is 17.4 Å². The van der Waals surface area contributed by atoms with Gasteiger partial charge in [0.2, 0.25) is 11.8 Å². The second kappa shape index (κ2) is 6.28. The van der Waals surface area contributed by atoms with Crippen LogP contribution < -0.4 is 14.8 Å². The van der Waals surface area contributed by atoms with Crippen LogP contribution in [0.15, 0.2) is 24.5 Å². The summed E-state index contributed by atoms with van der Waals surface area (Å²) in [4.78, 5) is 21.2. The van der Waals surface area contributed by atoms with Crippen LogP contribution in [0.3, 0.4) is 0 Å². The summed E-state index contributed by atoms with van der Waals surface area (Å²) in [6, 6.07) is 3.20. The van der Waals surface area contributed by atoms with Crippen LogP contribution in [0.1, 0.15) is 35.1 Å². The van der Waals surface area contributed by atoms with Gasteiger partial charge in [-0.1, -0.05) is 0 Å². The molecule has 23 heavy (non-hydrogen) atoms. The van der Waals surface area contributed by atoms with Crippen molar-refractivity contribution in [1.82, 2.24) is 19.9 Å². The number of carbonyl (C=O) groups excluding carboxylic acids is 1. The molecule has 0 bridgehead atoms. The summed E-state index contributed by atoms with van der Waals surface area (Å²) in [6.45, 7) is 0. The van der Waals surface area contributed by atoms with Crippen molar-refractivity contribution in [1.29, 1.82) is 0 Å². The molecule has 1 fully saturated rings. The highest BCUT2D eigenvalue weighted by Gasteiger charge is 2.36. The Balaban J connectivity index is 1.84. The lowest BCUT2D eigenvalue weighted by molar-refractivity contribution is 0.0925. The summed E-state index contributed by atoms with van der Waals surface area (Å²) in [5, 5.41) is 3.07. The Morgan fingerprint density at radius 3 is 2.70 bits per heavy atom. The van der Waals surface area contributed by atoms with E-state index in [1.807, 2.05) is 17.8 Å². The Bertz CT molecular complexity index is 709. The minimum Gasteiger partial charge on any atom is -0.481 e. The van der Waals surface area contributed by atoms with Crippen molar-refractivity contribution < 1.29 is 14.3 Å². The van der Waals surface area contributed by atoms with Crippen LogP contribution in [0.2, 0.25) is 0 Å². The first-order valence-electron chi connectivity index (χ1n) is 7.51. The number of methoxy groups -OCH3 is 2. The number of amides is 1. The molecule has 1 aliphatic carbocycles. The quantitative estimate of drug-likeness (QED) is 0.878. The molecule has 2 aromatic heterocycles. The molecule has 0 unspecified atom stereocenters. The normalized spacial score (nSPS) is 15.1. The lowest BCUT2D eigenvalue weighted by Crippen LogP contribution is -2.32. The number of nitrogens with one attached hydrogen (secondary N) is 1. The van der Waals surface area contributed by atoms with Crippen LogP contribution in [-0.4, -0.2) is 34.7 Å². The second-order valence-corrected chi connectivity index (χ2v) is 5.60. The summed E-state index contributed by atoms with van der Waals surface area (Å²) < 4.78 is 12.2. The smallest absolute Gasteiger partial charge is 0.257 e. The SMILES string of the molecule is COc1ccc(C(=O)N[C@@H](c2nccn2C)C2CC2)c(OC)n1. The van der Waals surface area contributed by atoms with Gasteiger partial charge in [-0.2, -0.15) is 4.98 Å². The fourth-order valence-electron chi connectivity index (χ4n) is 2.58. The molecule has 1 atom stereocenters. The number of hydrogen-bond acceptors (Lipinski definition) is 5. The number of ether oxygens (including phenoxy) is 2. The number of nitrogens with zero attached hydrogens (tertiary/aromatic N) is 3. The van der Waals surface area contributed by atoms with Crippen LogP contribution >= 0.6 is 0 Å². The molecular weight excluding hydrogens is 296 g/mol. The fourth-order valence-corrected chi connectivity index (χ4v) is 2.58. The van der Waals surface area contributed by atoms with Crippen LogP contribution in [-0.2, 0) is 7.05 Å². The first kappa shape index (κ1) is 15.3. The van der Waals surface area contributed by atoms with Gasteiger partial charge in [0.25, 0.3) is 5.91 Å². The third-order valence-corrected chi connectivity index (χ3v) is 4.00. The van der Waals surface area contributed by atoms with E-state index in [1.54, 1.807) is 18.3 Å². The molecule has 0 spiro atoms. The van der Waals surface area contributed by atoms with Crippen molar-refractivity contribution in [3.63, 3.8) is 0 Å². The molecule has 1 amide bonds. The largest absolute Gasteiger partial charge is 0.481 e. The zero-order valence-electron chi connectivity index (χ0n) is 13.4. The van der Waals surface area contributed by atoms with Gasteiger partial charge in [-0.15, -0.1) is 0 Å². The number of pyridine rings is 1. The van der Waals surface area contributed by atoms with Crippen LogP contribution in [0.25, 0.3) is 0 Å². The van der Waals surface area contributed by atoms with Crippen LogP contribution in [0.4, 0.5) is 0 Å². The van der Waals surface area contributed by atoms with Gasteiger partial charge >= 0.3 is 0 Å². The van der Waals surface area contributed by atoms with Crippen LogP contribution in [0.5, 0.6) is 11.8 Å². The number of aromatic nitrogens is 3. The molecule has 1 N–H and O–H groups in total. The molecule has 0 aliphatic heterocycles. The first-order valence-corrected chi connectivity index (χ1v) is 7.51. The van der Waals surface area contributed by atoms with E-state index < -0.39 is 0 Å². The summed E-state index contributed by atoms with van der Waals surface area (Å²) in [6.07, 6.45) is 5.81. The maximum absolute atomic E-state index is 12.7. The minimum absolute atomic E-state index is 0.102. The molecule has 1 saturated carbocycles. The number of hydrogen-bond donors (Lipinski definition) is 1. The molecule has 0 radical (unpaired) electrons. The van der Waals surface area contributed by atoms with Crippen LogP contribution in [0, 0.1) is 5.92 Å². The molecular formula is C16H20N4O3. The van der Waals surface area contributed by atoms with Gasteiger partial charge in [0.05, 0.1) is 20.3 Å². The zero-order valence-corrected chi connectivity index (χ0v) is 13.4. The highest BCUT2D eigenvalue weighted by molar-refractivity contribution is 5.96. The molecule has 3 rings (SSSR count). The lowest BCUT2D eigenvalue weighted by Gasteiger charge is -2.18. The van der Waals surface area contributed by atoms with E-state index in [1.165, 1.54) is 14.2 Å². The Morgan fingerprint density at radius 1 is 1.35 bits per heavy atom. The maximum atomic E-state index is 12.7. The molecule has 2 heterocycles. The van der Waals surface area contributed by atoms with Gasteiger partial charge in [-0.3, -0.25) is 4.79 Å². The van der Waals surface area contributed by atoms with E-state index >= 15 is 0 Å². The van der Waals surface area contributed by atoms with Crippen molar-refractivity contribution in [3.05, 3.63) is 35.9 Å². The van der Waals surface area contributed by atoms with Crippen molar-refractivity contribution >= 4 is 5.91 Å². The van der Waals surface area contributed by atoms with Crippen molar-refractivity contribution in [3.8, 4) is 11.8 Å². The standard InChI is InChI=1S/C16H20N4O3/c1-20-9-8-17-14(20)13(10-4-5-10)19-15(21)11-6-7-12(22-2)18-16(11)23-3/h6-10,13H,4-5H2,1-3H3,(H,19,21)/t13-/m1/s1. The van der Waals surface area contributed by atoms with Gasteiger partial charge in [0.1, 0.15) is 11.4 Å². The molecule has 122 valence electrons. The number of rotatable bonds is 6. The molecule has 2 aromatic rings. The van der Waals surface area contributed by atoms with Gasteiger partial charge in [-0.25, -0.2) is 4.98 Å². The summed E-state index contributed by atoms with van der Waals surface area (Å²) in [5.74, 6) is 1.72. The maximum Gasteiger partial charge on any atom is 0.257 e. The van der Waals surface area contributed by atoms with Crippen molar-refractivity contribution in [2.24, 2.45) is 13.0 Å². The molecule has 1 aliphatic rings. The van der Waals surface area contributed by atoms with E-state index in [2.05, 4.69) is 15.3 Å². The Morgan fingerprint density at radius 2 is 2.13 bits per heavy atom. The third kappa shape index (κ3) is 3.13. The first-order chi connectivity index (χ1) is 11.1. The van der Waals surface area contributed by atoms with E-state index in [-0.39, 0.29) is 17.8 Å². The number of carbonyl (C=O) groups is 1. The predicted octanol–water partition coefficient (Wildman–Crippen LogP) is 1.71. The zero-order chi connectivity index (χ0) is 16.4. The Labute approximate surface area is 134 Å². The van der Waals surface area contributed by atoms with Gasteiger partial charge in [0.15, 0.2) is 0 Å². The predicted molar refractivity (Wildman–Crippen MR) is 83.5 cm³/mol. The van der Waals surface area contributed by atoms with Crippen molar-refractivity contribution in [2.45, 2.75) is 18.9 Å². The van der Waals surface area contributed by atoms with Gasteiger partial charge < -0.3 is 19.4 Å². The van der Waals surface area contributed by atoms with Gasteiger partial charge in [-0.05, 0) is 24.8 Å². The molecule has 0 aromatic carbocycles. The average molecular weight is 316 g/mol. The summed E-state index contributed by atoms with van der Waals surface area (Å²) >= 11 is 0. The number of aryl methyl sites for hydroxylation is 1. The highest BCUT2D eigenvalue weighted by atomic mass is 16.5. The van der Waals surface area contributed by atoms with E-state index in [4.69, 9.17) is 9.47 Å². The average Bonchev–Trinajstić information content (AvgIpc) is 3.33. The lowest BCUT2D eigenvalue weighted by atomic mass is 10.1.